The molecule has 0 radical (unpaired) electrons. The largest absolute Gasteiger partial charge is 0.477 e. The van der Waals surface area contributed by atoms with E-state index in [0.717, 1.165) is 5.56 Å². The molecule has 0 spiro atoms. The van der Waals surface area contributed by atoms with Crippen molar-refractivity contribution in [3.05, 3.63) is 21.9 Å². The van der Waals surface area contributed by atoms with Crippen LogP contribution in [0.5, 0.6) is 0 Å². The van der Waals surface area contributed by atoms with Crippen molar-refractivity contribution in [1.82, 2.24) is 5.32 Å². The predicted octanol–water partition coefficient (Wildman–Crippen LogP) is 2.48. The maximum Gasteiger partial charge on any atom is 0.346 e. The van der Waals surface area contributed by atoms with Crippen LogP contribution in [0.2, 0.25) is 0 Å². The summed E-state index contributed by atoms with van der Waals surface area (Å²) in [5.74, 6) is -0.819. The van der Waals surface area contributed by atoms with E-state index in [0.29, 0.717) is 11.4 Å². The van der Waals surface area contributed by atoms with E-state index < -0.39 is 5.97 Å². The predicted molar refractivity (Wildman–Crippen MR) is 60.4 cm³/mol. The van der Waals surface area contributed by atoms with Gasteiger partial charge in [-0.2, -0.15) is 0 Å². The molecule has 0 aromatic carbocycles. The van der Waals surface area contributed by atoms with Crippen molar-refractivity contribution in [3.8, 4) is 0 Å². The molecule has 0 bridgehead atoms. The van der Waals surface area contributed by atoms with Crippen LogP contribution in [-0.4, -0.2) is 16.6 Å². The van der Waals surface area contributed by atoms with Gasteiger partial charge < -0.3 is 10.4 Å². The summed E-state index contributed by atoms with van der Waals surface area (Å²) in [5, 5.41) is 14.2. The minimum Gasteiger partial charge on any atom is -0.477 e. The van der Waals surface area contributed by atoms with Crippen molar-refractivity contribution < 1.29 is 9.90 Å². The van der Waals surface area contributed by atoms with Crippen LogP contribution in [0.15, 0.2) is 11.4 Å². The summed E-state index contributed by atoms with van der Waals surface area (Å²) in [5.41, 5.74) is 1.14. The van der Waals surface area contributed by atoms with Crippen molar-refractivity contribution in [2.75, 3.05) is 0 Å². The Morgan fingerprint density at radius 1 is 1.67 bits per heavy atom. The number of carboxylic acid groups (broad SMARTS) is 1. The van der Waals surface area contributed by atoms with E-state index in [1.54, 1.807) is 0 Å². The number of thiophene rings is 1. The molecule has 15 heavy (non-hydrogen) atoms. The molecule has 4 heteroatoms. The van der Waals surface area contributed by atoms with Crippen molar-refractivity contribution >= 4 is 17.3 Å². The van der Waals surface area contributed by atoms with Gasteiger partial charge in [-0.15, -0.1) is 11.3 Å². The van der Waals surface area contributed by atoms with Crippen LogP contribution >= 0.6 is 11.3 Å². The number of hydrogen-bond acceptors (Lipinski definition) is 3. The Balaban J connectivity index is 1.98. The minimum absolute atomic E-state index is 0.234. The molecule has 1 aromatic heterocycles. The first-order chi connectivity index (χ1) is 7.11. The van der Waals surface area contributed by atoms with E-state index in [1.807, 2.05) is 11.4 Å². The van der Waals surface area contributed by atoms with E-state index in [4.69, 9.17) is 5.11 Å². The first-order valence-electron chi connectivity index (χ1n) is 5.15. The smallest absolute Gasteiger partial charge is 0.346 e. The molecule has 2 rings (SSSR count). The van der Waals surface area contributed by atoms with Gasteiger partial charge in [0.1, 0.15) is 4.88 Å². The molecule has 3 nitrogen and oxygen atoms in total. The first-order valence-corrected chi connectivity index (χ1v) is 6.03. The summed E-state index contributed by atoms with van der Waals surface area (Å²) in [6.45, 7) is 2.87. The molecule has 0 amide bonds. The van der Waals surface area contributed by atoms with Gasteiger partial charge in [-0.3, -0.25) is 0 Å². The molecule has 1 aliphatic rings. The average Bonchev–Trinajstić information content (AvgIpc) is 2.59. The van der Waals surface area contributed by atoms with Gasteiger partial charge in [-0.05, 0) is 43.2 Å². The Morgan fingerprint density at radius 3 is 2.93 bits per heavy atom. The third-order valence-corrected chi connectivity index (χ3v) is 4.05. The molecular weight excluding hydrogens is 210 g/mol. The van der Waals surface area contributed by atoms with E-state index >= 15 is 0 Å². The molecule has 1 heterocycles. The second-order valence-electron chi connectivity index (χ2n) is 4.35. The van der Waals surface area contributed by atoms with Gasteiger partial charge in [0.2, 0.25) is 0 Å². The molecule has 2 N–H and O–H groups in total. The summed E-state index contributed by atoms with van der Waals surface area (Å²) < 4.78 is 0. The van der Waals surface area contributed by atoms with Crippen molar-refractivity contribution in [1.29, 1.82) is 0 Å². The topological polar surface area (TPSA) is 49.3 Å². The maximum absolute atomic E-state index is 10.9. The van der Waals surface area contributed by atoms with Crippen LogP contribution in [0.1, 0.15) is 41.4 Å². The normalized spacial score (nSPS) is 18.5. The van der Waals surface area contributed by atoms with E-state index in [9.17, 15) is 4.79 Å². The fourth-order valence-corrected chi connectivity index (χ4v) is 2.62. The van der Waals surface area contributed by atoms with Gasteiger partial charge in [0.05, 0.1) is 0 Å². The van der Waals surface area contributed by atoms with Crippen molar-refractivity contribution in [2.24, 2.45) is 0 Å². The highest BCUT2D eigenvalue weighted by Crippen LogP contribution is 2.31. The van der Waals surface area contributed by atoms with Gasteiger partial charge in [0, 0.05) is 12.1 Å². The molecule has 82 valence electrons. The second-order valence-corrected chi connectivity index (χ2v) is 5.26. The molecule has 0 unspecified atom stereocenters. The molecule has 1 fully saturated rings. The summed E-state index contributed by atoms with van der Waals surface area (Å²) in [6, 6.07) is 1.89. The highest BCUT2D eigenvalue weighted by molar-refractivity contribution is 7.12. The summed E-state index contributed by atoms with van der Waals surface area (Å²) >= 11 is 1.29. The third-order valence-electron chi connectivity index (χ3n) is 3.10. The Hall–Kier alpha value is -0.870. The number of aromatic carboxylic acids is 1. The number of rotatable bonds is 4. The van der Waals surface area contributed by atoms with Gasteiger partial charge in [-0.25, -0.2) is 4.79 Å². The lowest BCUT2D eigenvalue weighted by atomic mass is 9.78. The standard InChI is InChI=1S/C11H15NO2S/c1-11(4-2-5-11)12-7-8-3-6-15-9(8)10(13)14/h3,6,12H,2,4-5,7H2,1H3,(H,13,14). The van der Waals surface area contributed by atoms with Gasteiger partial charge in [0.25, 0.3) is 0 Å². The Labute approximate surface area is 93.1 Å². The Kier molecular flexibility index (Phi) is 2.80. The van der Waals surface area contributed by atoms with Crippen LogP contribution in [-0.2, 0) is 6.54 Å². The highest BCUT2D eigenvalue weighted by Gasteiger charge is 2.31. The summed E-state index contributed by atoms with van der Waals surface area (Å²) in [6.07, 6.45) is 3.66. The SMILES string of the molecule is CC1(NCc2ccsc2C(=O)O)CCC1. The average molecular weight is 225 g/mol. The van der Waals surface area contributed by atoms with Crippen LogP contribution in [0.25, 0.3) is 0 Å². The molecule has 0 aliphatic heterocycles. The lowest BCUT2D eigenvalue weighted by molar-refractivity contribution is 0.0700. The van der Waals surface area contributed by atoms with E-state index in [2.05, 4.69) is 12.2 Å². The van der Waals surface area contributed by atoms with E-state index in [-0.39, 0.29) is 5.54 Å². The molecule has 1 aromatic rings. The molecule has 0 atom stereocenters. The van der Waals surface area contributed by atoms with Gasteiger partial charge >= 0.3 is 5.97 Å². The molecule has 1 aliphatic carbocycles. The number of hydrogen-bond donors (Lipinski definition) is 2. The third kappa shape index (κ3) is 2.21. The lowest BCUT2D eigenvalue weighted by Gasteiger charge is -2.39. The number of carboxylic acids is 1. The van der Waals surface area contributed by atoms with Crippen LogP contribution < -0.4 is 5.32 Å². The quantitative estimate of drug-likeness (QED) is 0.827. The fraction of sp³-hybridized carbons (Fsp3) is 0.545. The second kappa shape index (κ2) is 3.94. The molecule has 1 saturated carbocycles. The monoisotopic (exact) mass is 225 g/mol. The molecule has 0 saturated heterocycles. The number of carbonyl (C=O) groups is 1. The minimum atomic E-state index is -0.819. The van der Waals surface area contributed by atoms with Crippen LogP contribution in [0.4, 0.5) is 0 Å². The highest BCUT2D eigenvalue weighted by atomic mass is 32.1. The zero-order valence-corrected chi connectivity index (χ0v) is 9.56. The maximum atomic E-state index is 10.9. The Morgan fingerprint density at radius 2 is 2.40 bits per heavy atom. The van der Waals surface area contributed by atoms with Crippen molar-refractivity contribution in [2.45, 2.75) is 38.3 Å². The summed E-state index contributed by atoms with van der Waals surface area (Å²) in [4.78, 5) is 11.3. The Bertz CT molecular complexity index is 368. The zero-order chi connectivity index (χ0) is 10.9. The van der Waals surface area contributed by atoms with Crippen LogP contribution in [0, 0.1) is 0 Å². The van der Waals surface area contributed by atoms with E-state index in [1.165, 1.54) is 30.6 Å². The lowest BCUT2D eigenvalue weighted by Crippen LogP contribution is -2.47. The van der Waals surface area contributed by atoms with Crippen LogP contribution in [0.3, 0.4) is 0 Å². The first kappa shape index (κ1) is 10.6. The van der Waals surface area contributed by atoms with Gasteiger partial charge in [-0.1, -0.05) is 0 Å². The number of nitrogens with one attached hydrogen (secondary N) is 1. The summed E-state index contributed by atoms with van der Waals surface area (Å²) in [7, 11) is 0. The molecular formula is C11H15NO2S. The zero-order valence-electron chi connectivity index (χ0n) is 8.75. The van der Waals surface area contributed by atoms with Gasteiger partial charge in [0.15, 0.2) is 0 Å². The fourth-order valence-electron chi connectivity index (χ4n) is 1.86. The van der Waals surface area contributed by atoms with Crippen molar-refractivity contribution in [3.63, 3.8) is 0 Å².